The van der Waals surface area contributed by atoms with Crippen molar-refractivity contribution in [1.82, 2.24) is 9.80 Å². The van der Waals surface area contributed by atoms with Gasteiger partial charge in [0.25, 0.3) is 11.8 Å². The zero-order chi connectivity index (χ0) is 16.0. The fourth-order valence-electron chi connectivity index (χ4n) is 3.74. The third kappa shape index (κ3) is 2.32. The summed E-state index contributed by atoms with van der Waals surface area (Å²) in [5.41, 5.74) is 0. The van der Waals surface area contributed by atoms with E-state index in [0.717, 1.165) is 36.0 Å². The molecule has 0 aromatic heterocycles. The molecular weight excluding hydrogens is 288 g/mol. The summed E-state index contributed by atoms with van der Waals surface area (Å²) >= 11 is 0. The van der Waals surface area contributed by atoms with Crippen LogP contribution in [-0.4, -0.2) is 85.8 Å². The fraction of sp³-hybridized carbons (Fsp3) is 0.714. The highest BCUT2D eigenvalue weighted by Crippen LogP contribution is 2.09. The number of nitrogens with one attached hydrogen (secondary N) is 2. The van der Waals surface area contributed by atoms with Crippen molar-refractivity contribution in [1.29, 1.82) is 0 Å². The molecule has 0 saturated carbocycles. The number of imide groups is 2. The molecule has 4 amide bonds. The number of carbonyl (C=O) groups is 4. The molecule has 3 heterocycles. The number of piperazine rings is 1. The Hall–Kier alpha value is -1.80. The smallest absolute Gasteiger partial charge is 0.287 e. The van der Waals surface area contributed by atoms with Gasteiger partial charge >= 0.3 is 0 Å². The van der Waals surface area contributed by atoms with E-state index in [2.05, 4.69) is 0 Å². The molecule has 3 aliphatic rings. The second kappa shape index (κ2) is 5.44. The first-order valence-corrected chi connectivity index (χ1v) is 7.70. The number of hydrogen-bond donors (Lipinski definition) is 2. The number of likely N-dealkylation sites (N-methyl/N-ethyl adjacent to an activating group) is 2. The van der Waals surface area contributed by atoms with Crippen molar-refractivity contribution in [2.24, 2.45) is 0 Å². The molecule has 3 aliphatic heterocycles. The molecule has 0 aliphatic carbocycles. The Morgan fingerprint density at radius 1 is 0.727 bits per heavy atom. The van der Waals surface area contributed by atoms with Crippen molar-refractivity contribution < 1.29 is 29.0 Å². The van der Waals surface area contributed by atoms with Crippen LogP contribution in [0.1, 0.15) is 12.8 Å². The molecule has 3 saturated heterocycles. The zero-order valence-electron chi connectivity index (χ0n) is 12.9. The number of nitrogens with zero attached hydrogens (tertiary/aromatic N) is 2. The van der Waals surface area contributed by atoms with Crippen molar-refractivity contribution in [2.45, 2.75) is 24.9 Å². The summed E-state index contributed by atoms with van der Waals surface area (Å²) in [4.78, 5) is 52.0. The van der Waals surface area contributed by atoms with Gasteiger partial charge in [-0.3, -0.25) is 29.0 Å². The summed E-state index contributed by atoms with van der Waals surface area (Å²) < 4.78 is 0. The Morgan fingerprint density at radius 2 is 1.05 bits per heavy atom. The van der Waals surface area contributed by atoms with Gasteiger partial charge in [0.1, 0.15) is 26.2 Å². The maximum absolute atomic E-state index is 12.1. The number of carbonyl (C=O) groups excluding carboxylic acids is 4. The number of rotatable bonds is 2. The fourth-order valence-corrected chi connectivity index (χ4v) is 3.74. The minimum Gasteiger partial charge on any atom is -0.315 e. The summed E-state index contributed by atoms with van der Waals surface area (Å²) in [6.45, 7) is 2.98. The standard InChI is InChI=1S/C14H20N4O4/c1-15-11(19)7-9(13(15)21)17-3-5-18(6-4-17)10-8-12(20)16(2)14(10)22/h9-10H,3-8H2,1-2H3/p+2/t9-,10-/m1/s1. The van der Waals surface area contributed by atoms with Gasteiger partial charge in [0.2, 0.25) is 11.8 Å². The second-order valence-corrected chi connectivity index (χ2v) is 6.41. The Bertz CT molecular complexity index is 493. The first-order chi connectivity index (χ1) is 10.4. The van der Waals surface area contributed by atoms with Crippen LogP contribution in [0, 0.1) is 0 Å². The van der Waals surface area contributed by atoms with Crippen molar-refractivity contribution in [3.8, 4) is 0 Å². The van der Waals surface area contributed by atoms with Gasteiger partial charge in [0.15, 0.2) is 12.1 Å². The van der Waals surface area contributed by atoms with E-state index in [1.165, 1.54) is 23.9 Å². The molecule has 0 aromatic rings. The van der Waals surface area contributed by atoms with E-state index < -0.39 is 0 Å². The molecule has 3 rings (SSSR count). The first-order valence-electron chi connectivity index (χ1n) is 7.70. The Labute approximate surface area is 128 Å². The summed E-state index contributed by atoms with van der Waals surface area (Å²) in [5, 5.41) is 0. The molecule has 0 bridgehead atoms. The van der Waals surface area contributed by atoms with Crippen LogP contribution in [0.25, 0.3) is 0 Å². The second-order valence-electron chi connectivity index (χ2n) is 6.41. The molecule has 22 heavy (non-hydrogen) atoms. The summed E-state index contributed by atoms with van der Waals surface area (Å²) in [6.07, 6.45) is 0.563. The highest BCUT2D eigenvalue weighted by atomic mass is 16.2. The minimum atomic E-state index is -0.275. The summed E-state index contributed by atoms with van der Waals surface area (Å²) in [7, 11) is 3.06. The lowest BCUT2D eigenvalue weighted by molar-refractivity contribution is -1.02. The van der Waals surface area contributed by atoms with Crippen molar-refractivity contribution in [3.05, 3.63) is 0 Å². The zero-order valence-corrected chi connectivity index (χ0v) is 12.9. The SMILES string of the molecule is CN1C(=O)C[C@@H]([NH+]2CC[NH+]([C@@H]3CC(=O)N(C)C3=O)CC2)C1=O. The number of amides is 4. The lowest BCUT2D eigenvalue weighted by atomic mass is 10.1. The van der Waals surface area contributed by atoms with E-state index in [1.807, 2.05) is 0 Å². The quantitative estimate of drug-likeness (QED) is 0.502. The van der Waals surface area contributed by atoms with Crippen LogP contribution in [0.2, 0.25) is 0 Å². The topological polar surface area (TPSA) is 83.6 Å². The van der Waals surface area contributed by atoms with Crippen molar-refractivity contribution in [2.75, 3.05) is 40.3 Å². The third-order valence-corrected chi connectivity index (χ3v) is 5.28. The van der Waals surface area contributed by atoms with Crippen LogP contribution in [0.4, 0.5) is 0 Å². The van der Waals surface area contributed by atoms with Gasteiger partial charge in [-0.05, 0) is 0 Å². The Balaban J connectivity index is 1.60. The lowest BCUT2D eigenvalue weighted by Crippen LogP contribution is -3.31. The first kappa shape index (κ1) is 15.1. The van der Waals surface area contributed by atoms with E-state index in [4.69, 9.17) is 0 Å². The van der Waals surface area contributed by atoms with E-state index in [9.17, 15) is 19.2 Å². The van der Waals surface area contributed by atoms with Crippen molar-refractivity contribution >= 4 is 23.6 Å². The lowest BCUT2D eigenvalue weighted by Gasteiger charge is -2.33. The number of hydrogen-bond acceptors (Lipinski definition) is 4. The van der Waals surface area contributed by atoms with Gasteiger partial charge in [-0.25, -0.2) is 0 Å². The summed E-state index contributed by atoms with van der Waals surface area (Å²) in [5.74, 6) is -0.434. The average molecular weight is 310 g/mol. The van der Waals surface area contributed by atoms with Crippen LogP contribution in [-0.2, 0) is 19.2 Å². The highest BCUT2D eigenvalue weighted by molar-refractivity contribution is 6.05. The van der Waals surface area contributed by atoms with E-state index in [-0.39, 0.29) is 48.6 Å². The van der Waals surface area contributed by atoms with Crippen LogP contribution < -0.4 is 9.80 Å². The molecule has 8 nitrogen and oxygen atoms in total. The third-order valence-electron chi connectivity index (χ3n) is 5.28. The molecule has 0 aromatic carbocycles. The molecule has 0 unspecified atom stereocenters. The van der Waals surface area contributed by atoms with Gasteiger partial charge in [-0.15, -0.1) is 0 Å². The molecule has 8 heteroatoms. The van der Waals surface area contributed by atoms with Crippen molar-refractivity contribution in [3.63, 3.8) is 0 Å². The number of likely N-dealkylation sites (tertiary alicyclic amines) is 2. The molecule has 2 atom stereocenters. The van der Waals surface area contributed by atoms with Gasteiger partial charge < -0.3 is 9.80 Å². The normalized spacial score (nSPS) is 36.6. The largest absolute Gasteiger partial charge is 0.315 e. The Morgan fingerprint density at radius 3 is 1.27 bits per heavy atom. The van der Waals surface area contributed by atoms with Gasteiger partial charge in [0.05, 0.1) is 12.8 Å². The summed E-state index contributed by atoms with van der Waals surface area (Å²) in [6, 6.07) is -0.551. The van der Waals surface area contributed by atoms with E-state index >= 15 is 0 Å². The van der Waals surface area contributed by atoms with Crippen LogP contribution >= 0.6 is 0 Å². The molecule has 120 valence electrons. The molecule has 0 spiro atoms. The predicted molar refractivity (Wildman–Crippen MR) is 73.8 cm³/mol. The van der Waals surface area contributed by atoms with Crippen LogP contribution in [0.5, 0.6) is 0 Å². The minimum absolute atomic E-state index is 0.102. The molecule has 2 N–H and O–H groups in total. The molecular formula is C14H22N4O4+2. The maximum atomic E-state index is 12.1. The maximum Gasteiger partial charge on any atom is 0.287 e. The molecule has 0 radical (unpaired) electrons. The van der Waals surface area contributed by atoms with Gasteiger partial charge in [0, 0.05) is 14.1 Å². The average Bonchev–Trinajstić information content (AvgIpc) is 2.92. The monoisotopic (exact) mass is 310 g/mol. The predicted octanol–water partition coefficient (Wildman–Crippen LogP) is -4.72. The Kier molecular flexibility index (Phi) is 3.73. The number of quaternary nitrogens is 2. The van der Waals surface area contributed by atoms with Gasteiger partial charge in [-0.1, -0.05) is 0 Å². The molecule has 3 fully saturated rings. The highest BCUT2D eigenvalue weighted by Gasteiger charge is 2.48. The van der Waals surface area contributed by atoms with Crippen LogP contribution in [0.3, 0.4) is 0 Å². The van der Waals surface area contributed by atoms with E-state index in [0.29, 0.717) is 0 Å². The van der Waals surface area contributed by atoms with Gasteiger partial charge in [-0.2, -0.15) is 0 Å². The van der Waals surface area contributed by atoms with E-state index in [1.54, 1.807) is 0 Å². The van der Waals surface area contributed by atoms with Crippen LogP contribution in [0.15, 0.2) is 0 Å².